The fraction of sp³-hybridized carbons (Fsp3) is 0.233. The summed E-state index contributed by atoms with van der Waals surface area (Å²) in [4.78, 5) is 44.3. The highest BCUT2D eigenvalue weighted by atomic mass is 16.5. The maximum absolute atomic E-state index is 13.2. The Hall–Kier alpha value is -4.41. The van der Waals surface area contributed by atoms with E-state index >= 15 is 0 Å². The second-order valence-electron chi connectivity index (χ2n) is 10.0. The van der Waals surface area contributed by atoms with Gasteiger partial charge in [0.05, 0.1) is 36.2 Å². The van der Waals surface area contributed by atoms with E-state index in [1.807, 2.05) is 54.6 Å². The van der Waals surface area contributed by atoms with Crippen LogP contribution in [0.2, 0.25) is 0 Å². The molecule has 0 aromatic heterocycles. The van der Waals surface area contributed by atoms with Crippen LogP contribution in [0.3, 0.4) is 0 Å². The lowest BCUT2D eigenvalue weighted by Gasteiger charge is -2.33. The van der Waals surface area contributed by atoms with E-state index in [1.54, 1.807) is 30.1 Å². The summed E-state index contributed by atoms with van der Waals surface area (Å²) in [6.07, 6.45) is 0. The van der Waals surface area contributed by atoms with Crippen molar-refractivity contribution in [1.82, 2.24) is 9.71 Å². The summed E-state index contributed by atoms with van der Waals surface area (Å²) >= 11 is 0. The quantitative estimate of drug-likeness (QED) is 0.272. The zero-order valence-corrected chi connectivity index (χ0v) is 22.9. The second-order valence-corrected chi connectivity index (χ2v) is 10.0. The Bertz CT molecular complexity index is 1450. The molecule has 2 amide bonds. The van der Waals surface area contributed by atoms with Gasteiger partial charge < -0.3 is 25.1 Å². The number of hydrogen-bond acceptors (Lipinski definition) is 7. The summed E-state index contributed by atoms with van der Waals surface area (Å²) in [6, 6.07) is 22.2. The minimum Gasteiger partial charge on any atom is -0.465 e. The van der Waals surface area contributed by atoms with Crippen molar-refractivity contribution in [2.24, 2.45) is 0 Å². The monoisotopic (exact) mass is 537 g/mol. The molecule has 1 fully saturated rings. The number of ether oxygens (including phenoxy) is 1. The van der Waals surface area contributed by atoms with E-state index in [1.165, 1.54) is 7.11 Å². The average molecular weight is 537 g/mol. The highest BCUT2D eigenvalue weighted by molar-refractivity contribution is 6.37. The molecule has 0 bridgehead atoms. The van der Waals surface area contributed by atoms with Gasteiger partial charge >= 0.3 is 5.97 Å². The van der Waals surface area contributed by atoms with Crippen molar-refractivity contribution in [3.63, 3.8) is 0 Å². The number of amides is 2. The Labute approximate surface area is 234 Å². The standard InChI is InChI=1S/C30H32BN5O4/c1-34(26(37)19-35-14-16-36(31)17-15-35)23-11-9-22(10-12-23)32-28(20-6-4-3-5-7-20)27-24-13-8-21(30(39)40-2)18-25(24)33-29(27)38/h3-13,18,32H,14-17,19,31H2,1-2H3,(H,33,38)/b28-27-. The fourth-order valence-corrected chi connectivity index (χ4v) is 4.91. The van der Waals surface area contributed by atoms with Crippen molar-refractivity contribution < 1.29 is 19.1 Å². The molecule has 2 heterocycles. The fourth-order valence-electron chi connectivity index (χ4n) is 4.91. The molecular weight excluding hydrogens is 505 g/mol. The van der Waals surface area contributed by atoms with Crippen LogP contribution in [-0.4, -0.2) is 82.4 Å². The Balaban J connectivity index is 1.40. The zero-order valence-electron chi connectivity index (χ0n) is 22.9. The molecule has 2 N–H and O–H groups in total. The van der Waals surface area contributed by atoms with Crippen LogP contribution in [0.15, 0.2) is 72.8 Å². The van der Waals surface area contributed by atoms with Crippen LogP contribution in [0, 0.1) is 0 Å². The van der Waals surface area contributed by atoms with Crippen molar-refractivity contribution >= 4 is 54.1 Å². The highest BCUT2D eigenvalue weighted by Crippen LogP contribution is 2.38. The van der Waals surface area contributed by atoms with Crippen LogP contribution in [0.1, 0.15) is 21.5 Å². The number of nitrogens with zero attached hydrogens (tertiary/aromatic N) is 3. The Morgan fingerprint density at radius 3 is 2.35 bits per heavy atom. The lowest BCUT2D eigenvalue weighted by atomic mass is 9.99. The smallest absolute Gasteiger partial charge is 0.337 e. The predicted molar refractivity (Wildman–Crippen MR) is 160 cm³/mol. The molecule has 40 heavy (non-hydrogen) atoms. The molecule has 204 valence electrons. The normalized spacial score (nSPS) is 16.6. The van der Waals surface area contributed by atoms with Crippen LogP contribution in [0.5, 0.6) is 0 Å². The van der Waals surface area contributed by atoms with Gasteiger partial charge in [-0.1, -0.05) is 36.4 Å². The number of rotatable bonds is 7. The van der Waals surface area contributed by atoms with Crippen LogP contribution in [0.4, 0.5) is 17.1 Å². The maximum Gasteiger partial charge on any atom is 0.337 e. The van der Waals surface area contributed by atoms with Crippen molar-refractivity contribution in [2.75, 3.05) is 62.4 Å². The van der Waals surface area contributed by atoms with Gasteiger partial charge in [-0.05, 0) is 55.1 Å². The molecule has 3 aromatic rings. The van der Waals surface area contributed by atoms with Crippen molar-refractivity contribution in [1.29, 1.82) is 0 Å². The third-order valence-corrected chi connectivity index (χ3v) is 7.35. The van der Waals surface area contributed by atoms with E-state index in [9.17, 15) is 14.4 Å². The number of likely N-dealkylation sites (N-methyl/N-ethyl adjacent to an activating group) is 1. The van der Waals surface area contributed by atoms with Crippen molar-refractivity contribution in [3.8, 4) is 0 Å². The van der Waals surface area contributed by atoms with Gasteiger partial charge in [-0.15, -0.1) is 0 Å². The average Bonchev–Trinajstić information content (AvgIpc) is 3.31. The van der Waals surface area contributed by atoms with Crippen molar-refractivity contribution in [2.45, 2.75) is 0 Å². The molecule has 0 atom stereocenters. The number of nitrogens with one attached hydrogen (secondary N) is 2. The predicted octanol–water partition coefficient (Wildman–Crippen LogP) is 2.53. The number of fused-ring (bicyclic) bond motifs is 1. The zero-order chi connectivity index (χ0) is 28.2. The van der Waals surface area contributed by atoms with Gasteiger partial charge in [-0.2, -0.15) is 0 Å². The molecule has 0 unspecified atom stereocenters. The first-order valence-electron chi connectivity index (χ1n) is 13.2. The summed E-state index contributed by atoms with van der Waals surface area (Å²) < 4.78 is 4.82. The Morgan fingerprint density at radius 1 is 0.975 bits per heavy atom. The molecule has 5 rings (SSSR count). The third kappa shape index (κ3) is 5.78. The molecule has 0 aliphatic carbocycles. The first kappa shape index (κ1) is 27.2. The van der Waals surface area contributed by atoms with Gasteiger partial charge in [-0.25, -0.2) is 4.79 Å². The first-order valence-corrected chi connectivity index (χ1v) is 13.2. The minimum absolute atomic E-state index is 0.0444. The second kappa shape index (κ2) is 11.8. The number of carbonyl (C=O) groups is 3. The van der Waals surface area contributed by atoms with Gasteiger partial charge in [0.1, 0.15) is 0 Å². The number of benzene rings is 3. The number of piperazine rings is 1. The van der Waals surface area contributed by atoms with Gasteiger partial charge in [0.2, 0.25) is 5.91 Å². The van der Waals surface area contributed by atoms with Gasteiger partial charge in [0, 0.05) is 37.1 Å². The molecule has 3 aromatic carbocycles. The molecular formula is C30H32BN5O4. The molecule has 0 spiro atoms. The summed E-state index contributed by atoms with van der Waals surface area (Å²) in [5.41, 5.74) is 5.10. The van der Waals surface area contributed by atoms with E-state index in [4.69, 9.17) is 4.74 Å². The van der Waals surface area contributed by atoms with E-state index in [2.05, 4.69) is 28.3 Å². The minimum atomic E-state index is -0.469. The summed E-state index contributed by atoms with van der Waals surface area (Å²) in [6.45, 7) is 4.09. The van der Waals surface area contributed by atoms with Crippen LogP contribution in [-0.2, 0) is 14.3 Å². The summed E-state index contributed by atoms with van der Waals surface area (Å²) in [5, 5.41) is 6.31. The maximum atomic E-state index is 13.2. The largest absolute Gasteiger partial charge is 0.465 e. The molecule has 10 heteroatoms. The van der Waals surface area contributed by atoms with E-state index in [0.29, 0.717) is 34.6 Å². The third-order valence-electron chi connectivity index (χ3n) is 7.35. The first-order chi connectivity index (χ1) is 19.3. The van der Waals surface area contributed by atoms with Gasteiger partial charge in [-0.3, -0.25) is 14.5 Å². The number of methoxy groups -OCH3 is 1. The lowest BCUT2D eigenvalue weighted by Crippen LogP contribution is -2.48. The number of anilines is 3. The molecule has 1 saturated heterocycles. The van der Waals surface area contributed by atoms with Crippen LogP contribution >= 0.6 is 0 Å². The SMILES string of the molecule is BN1CCN(CC(=O)N(C)c2ccc(N/C(=C3\C(=O)Nc4cc(C(=O)OC)ccc43)c3ccccc3)cc2)CC1. The molecule has 2 aliphatic rings. The van der Waals surface area contributed by atoms with Crippen LogP contribution < -0.4 is 15.5 Å². The topological polar surface area (TPSA) is 94.2 Å². The Kier molecular flexibility index (Phi) is 8.00. The lowest BCUT2D eigenvalue weighted by molar-refractivity contribution is -0.119. The highest BCUT2D eigenvalue weighted by Gasteiger charge is 2.29. The van der Waals surface area contributed by atoms with Gasteiger partial charge in [0.15, 0.2) is 7.98 Å². The van der Waals surface area contributed by atoms with E-state index in [0.717, 1.165) is 43.1 Å². The summed E-state index contributed by atoms with van der Waals surface area (Å²) in [7, 11) is 5.21. The summed E-state index contributed by atoms with van der Waals surface area (Å²) in [5.74, 6) is -0.694. The van der Waals surface area contributed by atoms with E-state index in [-0.39, 0.29) is 11.8 Å². The van der Waals surface area contributed by atoms with Crippen LogP contribution in [0.25, 0.3) is 11.3 Å². The van der Waals surface area contributed by atoms with Crippen molar-refractivity contribution in [3.05, 3.63) is 89.5 Å². The number of hydrogen-bond donors (Lipinski definition) is 2. The molecule has 2 aliphatic heterocycles. The number of carbonyl (C=O) groups excluding carboxylic acids is 3. The number of esters is 1. The molecule has 0 saturated carbocycles. The van der Waals surface area contributed by atoms with Gasteiger partial charge in [0.25, 0.3) is 5.91 Å². The Morgan fingerprint density at radius 2 is 1.68 bits per heavy atom. The van der Waals surface area contributed by atoms with E-state index < -0.39 is 5.97 Å². The molecule has 9 nitrogen and oxygen atoms in total. The molecule has 0 radical (unpaired) electrons.